The molecule has 5 nitrogen and oxygen atoms in total. The Kier molecular flexibility index (Phi) is 4.95. The SMILES string of the molecule is Cc1oc(CO)cc1S(=O)(=O)NCC(C)C(C)C. The van der Waals surface area contributed by atoms with Gasteiger partial charge >= 0.3 is 0 Å². The molecule has 6 heteroatoms. The second-order valence-corrected chi connectivity index (χ2v) is 6.60. The van der Waals surface area contributed by atoms with E-state index >= 15 is 0 Å². The van der Waals surface area contributed by atoms with Gasteiger partial charge in [0.25, 0.3) is 0 Å². The number of furan rings is 1. The maximum atomic E-state index is 12.1. The normalized spacial score (nSPS) is 14.1. The van der Waals surface area contributed by atoms with E-state index in [9.17, 15) is 8.42 Å². The highest BCUT2D eigenvalue weighted by atomic mass is 32.2. The van der Waals surface area contributed by atoms with Crippen molar-refractivity contribution in [2.45, 2.75) is 39.2 Å². The minimum atomic E-state index is -3.56. The number of hydrogen-bond donors (Lipinski definition) is 2. The molecule has 18 heavy (non-hydrogen) atoms. The predicted molar refractivity (Wildman–Crippen MR) is 68.6 cm³/mol. The van der Waals surface area contributed by atoms with Crippen molar-refractivity contribution in [2.24, 2.45) is 11.8 Å². The summed E-state index contributed by atoms with van der Waals surface area (Å²) in [6.07, 6.45) is 0. The third-order valence-corrected chi connectivity index (χ3v) is 4.63. The summed E-state index contributed by atoms with van der Waals surface area (Å²) in [4.78, 5) is 0.0995. The van der Waals surface area contributed by atoms with E-state index in [4.69, 9.17) is 9.52 Å². The fourth-order valence-corrected chi connectivity index (χ4v) is 2.77. The van der Waals surface area contributed by atoms with E-state index in [0.717, 1.165) is 0 Å². The second-order valence-electron chi connectivity index (χ2n) is 4.86. The summed E-state index contributed by atoms with van der Waals surface area (Å²) in [6.45, 7) is 7.74. The summed E-state index contributed by atoms with van der Waals surface area (Å²) < 4.78 is 31.8. The molecule has 1 atom stereocenters. The van der Waals surface area contributed by atoms with Gasteiger partial charge in [-0.1, -0.05) is 20.8 Å². The van der Waals surface area contributed by atoms with Crippen molar-refractivity contribution in [1.82, 2.24) is 4.72 Å². The minimum absolute atomic E-state index is 0.0995. The van der Waals surface area contributed by atoms with Crippen molar-refractivity contribution < 1.29 is 17.9 Å². The first kappa shape index (κ1) is 15.2. The molecule has 0 amide bonds. The van der Waals surface area contributed by atoms with Gasteiger partial charge in [-0.3, -0.25) is 0 Å². The zero-order valence-corrected chi connectivity index (χ0v) is 12.0. The van der Waals surface area contributed by atoms with Crippen LogP contribution in [-0.4, -0.2) is 20.1 Å². The Hall–Kier alpha value is -0.850. The summed E-state index contributed by atoms with van der Waals surface area (Å²) in [6, 6.07) is 1.36. The highest BCUT2D eigenvalue weighted by molar-refractivity contribution is 7.89. The third kappa shape index (κ3) is 3.57. The Bertz CT molecular complexity index is 490. The lowest BCUT2D eigenvalue weighted by molar-refractivity contribution is 0.244. The Labute approximate surface area is 108 Å². The molecule has 0 fully saturated rings. The van der Waals surface area contributed by atoms with Gasteiger partial charge in [-0.2, -0.15) is 0 Å². The maximum Gasteiger partial charge on any atom is 0.244 e. The molecule has 1 aromatic heterocycles. The van der Waals surface area contributed by atoms with Gasteiger partial charge in [-0.25, -0.2) is 13.1 Å². The van der Waals surface area contributed by atoms with E-state index in [1.54, 1.807) is 6.92 Å². The van der Waals surface area contributed by atoms with Crippen LogP contribution in [0.1, 0.15) is 32.3 Å². The van der Waals surface area contributed by atoms with Crippen molar-refractivity contribution in [3.63, 3.8) is 0 Å². The van der Waals surface area contributed by atoms with Crippen molar-refractivity contribution in [1.29, 1.82) is 0 Å². The van der Waals surface area contributed by atoms with Gasteiger partial charge in [-0.05, 0) is 18.8 Å². The van der Waals surface area contributed by atoms with Gasteiger partial charge in [0, 0.05) is 12.6 Å². The first-order valence-corrected chi connectivity index (χ1v) is 7.46. The highest BCUT2D eigenvalue weighted by Gasteiger charge is 2.22. The van der Waals surface area contributed by atoms with Gasteiger partial charge < -0.3 is 9.52 Å². The molecule has 0 saturated carbocycles. The average Bonchev–Trinajstić information content (AvgIpc) is 2.68. The smallest absolute Gasteiger partial charge is 0.244 e. The van der Waals surface area contributed by atoms with Crippen molar-refractivity contribution in [3.8, 4) is 0 Å². The lowest BCUT2D eigenvalue weighted by atomic mass is 9.99. The van der Waals surface area contributed by atoms with Crippen LogP contribution < -0.4 is 4.72 Å². The number of hydrogen-bond acceptors (Lipinski definition) is 4. The molecule has 0 spiro atoms. The second kappa shape index (κ2) is 5.86. The third-order valence-electron chi connectivity index (χ3n) is 3.10. The largest absolute Gasteiger partial charge is 0.462 e. The molecule has 104 valence electrons. The number of aryl methyl sites for hydroxylation is 1. The summed E-state index contributed by atoms with van der Waals surface area (Å²) in [5, 5.41) is 8.92. The molecule has 1 heterocycles. The molecule has 0 aromatic carbocycles. The van der Waals surface area contributed by atoms with Gasteiger partial charge in [0.15, 0.2) is 0 Å². The van der Waals surface area contributed by atoms with Crippen LogP contribution in [-0.2, 0) is 16.6 Å². The average molecular weight is 275 g/mol. The Balaban J connectivity index is 2.83. The predicted octanol–water partition coefficient (Wildman–Crippen LogP) is 1.65. The number of sulfonamides is 1. The van der Waals surface area contributed by atoms with Crippen LogP contribution in [0.25, 0.3) is 0 Å². The number of rotatable bonds is 6. The Morgan fingerprint density at radius 2 is 2.00 bits per heavy atom. The minimum Gasteiger partial charge on any atom is -0.462 e. The molecule has 0 saturated heterocycles. The van der Waals surface area contributed by atoms with Crippen molar-refractivity contribution in [2.75, 3.05) is 6.54 Å². The van der Waals surface area contributed by atoms with E-state index in [-0.39, 0.29) is 23.2 Å². The fraction of sp³-hybridized carbons (Fsp3) is 0.667. The molecule has 0 aliphatic rings. The summed E-state index contributed by atoms with van der Waals surface area (Å²) in [5.41, 5.74) is 0. The molecule has 0 radical (unpaired) electrons. The standard InChI is InChI=1S/C12H21NO4S/c1-8(2)9(3)6-13-18(15,16)12-5-11(7-14)17-10(12)4/h5,8-9,13-14H,6-7H2,1-4H3. The number of aliphatic hydroxyl groups is 1. The van der Waals surface area contributed by atoms with Crippen LogP contribution in [0.4, 0.5) is 0 Å². The maximum absolute atomic E-state index is 12.1. The number of nitrogens with one attached hydrogen (secondary N) is 1. The zero-order chi connectivity index (χ0) is 13.9. The van der Waals surface area contributed by atoms with Crippen molar-refractivity contribution >= 4 is 10.0 Å². The Morgan fingerprint density at radius 1 is 1.39 bits per heavy atom. The van der Waals surface area contributed by atoms with Crippen LogP contribution in [0, 0.1) is 18.8 Å². The van der Waals surface area contributed by atoms with Crippen LogP contribution >= 0.6 is 0 Å². The van der Waals surface area contributed by atoms with E-state index in [0.29, 0.717) is 18.2 Å². The summed E-state index contributed by atoms with van der Waals surface area (Å²) in [7, 11) is -3.56. The monoisotopic (exact) mass is 275 g/mol. The van der Waals surface area contributed by atoms with Gasteiger partial charge in [0.2, 0.25) is 10.0 Å². The van der Waals surface area contributed by atoms with E-state index < -0.39 is 10.0 Å². The lowest BCUT2D eigenvalue weighted by Crippen LogP contribution is -2.30. The molecule has 0 aliphatic heterocycles. The van der Waals surface area contributed by atoms with Gasteiger partial charge in [-0.15, -0.1) is 0 Å². The molecule has 0 bridgehead atoms. The van der Waals surface area contributed by atoms with Gasteiger partial charge in [0.1, 0.15) is 23.0 Å². The van der Waals surface area contributed by atoms with Crippen molar-refractivity contribution in [3.05, 3.63) is 17.6 Å². The first-order chi connectivity index (χ1) is 8.27. The van der Waals surface area contributed by atoms with Crippen LogP contribution in [0.3, 0.4) is 0 Å². The molecule has 1 rings (SSSR count). The summed E-state index contributed by atoms with van der Waals surface area (Å²) in [5.74, 6) is 1.21. The summed E-state index contributed by atoms with van der Waals surface area (Å²) >= 11 is 0. The molecular formula is C12H21NO4S. The van der Waals surface area contributed by atoms with Gasteiger partial charge in [0.05, 0.1) is 0 Å². The topological polar surface area (TPSA) is 79.5 Å². The molecule has 1 unspecified atom stereocenters. The van der Waals surface area contributed by atoms with Crippen LogP contribution in [0.15, 0.2) is 15.4 Å². The lowest BCUT2D eigenvalue weighted by Gasteiger charge is -2.15. The first-order valence-electron chi connectivity index (χ1n) is 5.97. The van der Waals surface area contributed by atoms with E-state index in [1.807, 2.05) is 20.8 Å². The van der Waals surface area contributed by atoms with Crippen LogP contribution in [0.2, 0.25) is 0 Å². The van der Waals surface area contributed by atoms with Crippen LogP contribution in [0.5, 0.6) is 0 Å². The molecule has 2 N–H and O–H groups in total. The number of aliphatic hydroxyl groups excluding tert-OH is 1. The highest BCUT2D eigenvalue weighted by Crippen LogP contribution is 2.20. The molecule has 0 aliphatic carbocycles. The fourth-order valence-electron chi connectivity index (χ4n) is 1.42. The Morgan fingerprint density at radius 3 is 2.44 bits per heavy atom. The molecular weight excluding hydrogens is 254 g/mol. The van der Waals surface area contributed by atoms with E-state index in [2.05, 4.69) is 4.72 Å². The molecule has 1 aromatic rings. The van der Waals surface area contributed by atoms with E-state index in [1.165, 1.54) is 6.07 Å². The zero-order valence-electron chi connectivity index (χ0n) is 11.2. The quantitative estimate of drug-likeness (QED) is 0.827.